The number of hydrogen-bond donors (Lipinski definition) is 0. The van der Waals surface area contributed by atoms with Crippen LogP contribution in [-0.4, -0.2) is 51.0 Å². The van der Waals surface area contributed by atoms with Crippen molar-refractivity contribution in [2.45, 2.75) is 30.8 Å². The monoisotopic (exact) mass is 341 g/mol. The van der Waals surface area contributed by atoms with E-state index < -0.39 is 28.1 Å². The summed E-state index contributed by atoms with van der Waals surface area (Å²) < 4.78 is 35.8. The zero-order valence-corrected chi connectivity index (χ0v) is 13.8. The molecule has 1 aromatic rings. The largest absolute Gasteiger partial charge is 0.466 e. The van der Waals surface area contributed by atoms with E-state index in [4.69, 9.17) is 4.74 Å². The number of carbonyl (C=O) groups excluding carboxylic acids is 2. The highest BCUT2D eigenvalue weighted by Crippen LogP contribution is 2.22. The molecule has 1 atom stereocenters. The molecule has 0 amide bonds. The fourth-order valence-electron chi connectivity index (χ4n) is 2.30. The van der Waals surface area contributed by atoms with Crippen molar-refractivity contribution in [2.75, 3.05) is 20.2 Å². The molecular weight excluding hydrogens is 322 g/mol. The van der Waals surface area contributed by atoms with E-state index in [1.807, 2.05) is 0 Å². The summed E-state index contributed by atoms with van der Waals surface area (Å²) in [6.07, 6.45) is 0.598. The predicted molar refractivity (Wildman–Crippen MR) is 81.3 cm³/mol. The molecule has 0 saturated carbocycles. The SMILES string of the molecule is COC(=O)C(C)OC(=O)c1cccc(S(=O)(=O)N2CCCC2)c1. The van der Waals surface area contributed by atoms with Crippen LogP contribution < -0.4 is 0 Å². The number of sulfonamides is 1. The molecule has 1 heterocycles. The molecule has 7 nitrogen and oxygen atoms in total. The van der Waals surface area contributed by atoms with Gasteiger partial charge in [-0.2, -0.15) is 4.31 Å². The van der Waals surface area contributed by atoms with Gasteiger partial charge in [-0.25, -0.2) is 18.0 Å². The molecule has 1 fully saturated rings. The lowest BCUT2D eigenvalue weighted by Gasteiger charge is -2.16. The molecular formula is C15H19NO6S. The second kappa shape index (κ2) is 7.10. The van der Waals surface area contributed by atoms with Gasteiger partial charge in [-0.3, -0.25) is 0 Å². The highest BCUT2D eigenvalue weighted by Gasteiger charge is 2.28. The molecule has 1 unspecified atom stereocenters. The van der Waals surface area contributed by atoms with Crippen LogP contribution in [0.5, 0.6) is 0 Å². The van der Waals surface area contributed by atoms with E-state index in [1.165, 1.54) is 42.6 Å². The molecule has 23 heavy (non-hydrogen) atoms. The first-order valence-electron chi connectivity index (χ1n) is 7.25. The number of carbonyl (C=O) groups is 2. The van der Waals surface area contributed by atoms with Crippen LogP contribution in [0.1, 0.15) is 30.1 Å². The lowest BCUT2D eigenvalue weighted by molar-refractivity contribution is -0.149. The van der Waals surface area contributed by atoms with Gasteiger partial charge in [0.25, 0.3) is 0 Å². The Morgan fingerprint density at radius 3 is 2.48 bits per heavy atom. The van der Waals surface area contributed by atoms with Crippen molar-refractivity contribution in [3.05, 3.63) is 29.8 Å². The van der Waals surface area contributed by atoms with Gasteiger partial charge >= 0.3 is 11.9 Å². The first-order chi connectivity index (χ1) is 10.9. The second-order valence-electron chi connectivity index (χ2n) is 5.21. The molecule has 1 saturated heterocycles. The molecule has 0 radical (unpaired) electrons. The third-order valence-electron chi connectivity index (χ3n) is 3.59. The molecule has 2 rings (SSSR count). The summed E-state index contributed by atoms with van der Waals surface area (Å²) in [7, 11) is -2.42. The first kappa shape index (κ1) is 17.4. The smallest absolute Gasteiger partial charge is 0.346 e. The van der Waals surface area contributed by atoms with E-state index in [1.54, 1.807) is 0 Å². The van der Waals surface area contributed by atoms with Gasteiger partial charge in [0.05, 0.1) is 17.6 Å². The molecule has 1 aliphatic rings. The molecule has 0 spiro atoms. The third-order valence-corrected chi connectivity index (χ3v) is 5.48. The Hall–Kier alpha value is -1.93. The number of esters is 2. The van der Waals surface area contributed by atoms with Crippen LogP contribution >= 0.6 is 0 Å². The van der Waals surface area contributed by atoms with Crippen LogP contribution in [0.2, 0.25) is 0 Å². The van der Waals surface area contributed by atoms with Crippen LogP contribution in [0.4, 0.5) is 0 Å². The van der Waals surface area contributed by atoms with Crippen molar-refractivity contribution >= 4 is 22.0 Å². The quantitative estimate of drug-likeness (QED) is 0.747. The molecule has 0 aliphatic carbocycles. The zero-order chi connectivity index (χ0) is 17.0. The maximum absolute atomic E-state index is 12.5. The van der Waals surface area contributed by atoms with Crippen LogP contribution in [-0.2, 0) is 24.3 Å². The first-order valence-corrected chi connectivity index (χ1v) is 8.69. The van der Waals surface area contributed by atoms with E-state index in [9.17, 15) is 18.0 Å². The minimum Gasteiger partial charge on any atom is -0.466 e. The molecule has 0 bridgehead atoms. The summed E-state index contributed by atoms with van der Waals surface area (Å²) in [5.41, 5.74) is 0.0704. The third kappa shape index (κ3) is 3.89. The van der Waals surface area contributed by atoms with Crippen molar-refractivity contribution < 1.29 is 27.5 Å². The van der Waals surface area contributed by atoms with Gasteiger partial charge in [-0.05, 0) is 38.0 Å². The lowest BCUT2D eigenvalue weighted by Crippen LogP contribution is -2.28. The van der Waals surface area contributed by atoms with Crippen molar-refractivity contribution in [1.29, 1.82) is 0 Å². The van der Waals surface area contributed by atoms with Gasteiger partial charge in [-0.15, -0.1) is 0 Å². The summed E-state index contributed by atoms with van der Waals surface area (Å²) in [5, 5.41) is 0. The van der Waals surface area contributed by atoms with Crippen LogP contribution in [0.15, 0.2) is 29.2 Å². The molecule has 0 N–H and O–H groups in total. The fourth-order valence-corrected chi connectivity index (χ4v) is 3.87. The van der Waals surface area contributed by atoms with Gasteiger partial charge in [0, 0.05) is 13.1 Å². The number of methoxy groups -OCH3 is 1. The maximum atomic E-state index is 12.5. The molecule has 1 aromatic carbocycles. The van der Waals surface area contributed by atoms with Crippen molar-refractivity contribution in [1.82, 2.24) is 4.31 Å². The number of nitrogens with zero attached hydrogens (tertiary/aromatic N) is 1. The van der Waals surface area contributed by atoms with Gasteiger partial charge in [-0.1, -0.05) is 6.07 Å². The van der Waals surface area contributed by atoms with Gasteiger partial charge in [0.1, 0.15) is 0 Å². The lowest BCUT2D eigenvalue weighted by atomic mass is 10.2. The van der Waals surface area contributed by atoms with Gasteiger partial charge < -0.3 is 9.47 Å². The van der Waals surface area contributed by atoms with E-state index in [-0.39, 0.29) is 10.5 Å². The van der Waals surface area contributed by atoms with Crippen LogP contribution in [0.25, 0.3) is 0 Å². The average Bonchev–Trinajstić information content (AvgIpc) is 3.09. The van der Waals surface area contributed by atoms with Gasteiger partial charge in [0.15, 0.2) is 6.10 Å². The summed E-state index contributed by atoms with van der Waals surface area (Å²) in [6.45, 7) is 2.35. The zero-order valence-electron chi connectivity index (χ0n) is 13.0. The standard InChI is InChI=1S/C15H19NO6S/c1-11(14(17)21-2)22-15(18)12-6-5-7-13(10-12)23(19,20)16-8-3-4-9-16/h5-7,10-11H,3-4,8-9H2,1-2H3. The predicted octanol–water partition coefficient (Wildman–Crippen LogP) is 1.19. The highest BCUT2D eigenvalue weighted by atomic mass is 32.2. The Morgan fingerprint density at radius 1 is 1.22 bits per heavy atom. The average molecular weight is 341 g/mol. The Bertz CT molecular complexity index is 694. The van der Waals surface area contributed by atoms with E-state index in [0.717, 1.165) is 12.8 Å². The Labute approximate surface area is 135 Å². The summed E-state index contributed by atoms with van der Waals surface area (Å²) in [5.74, 6) is -1.46. The van der Waals surface area contributed by atoms with Crippen molar-refractivity contribution in [3.8, 4) is 0 Å². The minimum atomic E-state index is -3.61. The summed E-state index contributed by atoms with van der Waals surface area (Å²) in [6, 6.07) is 5.62. The maximum Gasteiger partial charge on any atom is 0.346 e. The number of benzene rings is 1. The van der Waals surface area contributed by atoms with E-state index in [2.05, 4.69) is 4.74 Å². The van der Waals surface area contributed by atoms with E-state index in [0.29, 0.717) is 13.1 Å². The Morgan fingerprint density at radius 2 is 1.87 bits per heavy atom. The second-order valence-corrected chi connectivity index (χ2v) is 7.15. The fraction of sp³-hybridized carbons (Fsp3) is 0.467. The Kier molecular flexibility index (Phi) is 5.38. The van der Waals surface area contributed by atoms with Gasteiger partial charge in [0.2, 0.25) is 10.0 Å². The number of rotatable bonds is 5. The molecule has 126 valence electrons. The molecule has 0 aromatic heterocycles. The van der Waals surface area contributed by atoms with Crippen molar-refractivity contribution in [3.63, 3.8) is 0 Å². The summed E-state index contributed by atoms with van der Waals surface area (Å²) in [4.78, 5) is 23.4. The Balaban J connectivity index is 2.19. The van der Waals surface area contributed by atoms with E-state index >= 15 is 0 Å². The van der Waals surface area contributed by atoms with Crippen molar-refractivity contribution in [2.24, 2.45) is 0 Å². The van der Waals surface area contributed by atoms with Crippen LogP contribution in [0.3, 0.4) is 0 Å². The highest BCUT2D eigenvalue weighted by molar-refractivity contribution is 7.89. The normalized spacial score (nSPS) is 16.8. The van der Waals surface area contributed by atoms with Crippen LogP contribution in [0, 0.1) is 0 Å². The molecule has 1 aliphatic heterocycles. The minimum absolute atomic E-state index is 0.0413. The number of hydrogen-bond acceptors (Lipinski definition) is 6. The number of ether oxygens (including phenoxy) is 2. The topological polar surface area (TPSA) is 90.0 Å². The molecule has 8 heteroatoms. The summed E-state index contributed by atoms with van der Waals surface area (Å²) >= 11 is 0.